The van der Waals surface area contributed by atoms with Crippen molar-refractivity contribution in [3.8, 4) is 0 Å². The summed E-state index contributed by atoms with van der Waals surface area (Å²) in [5, 5.41) is 16.9. The maximum absolute atomic E-state index is 8.96. The third-order valence-corrected chi connectivity index (χ3v) is 2.91. The van der Waals surface area contributed by atoms with E-state index in [0.29, 0.717) is 11.9 Å². The molecule has 0 spiro atoms. The fraction of sp³-hybridized carbons (Fsp3) is 0.800. The van der Waals surface area contributed by atoms with Crippen LogP contribution in [0.25, 0.3) is 0 Å². The van der Waals surface area contributed by atoms with Crippen LogP contribution in [-0.4, -0.2) is 32.6 Å². The minimum absolute atomic E-state index is 0.0522. The van der Waals surface area contributed by atoms with Crippen molar-refractivity contribution in [2.24, 2.45) is 7.05 Å². The second-order valence-electron chi connectivity index (χ2n) is 3.92. The molecule has 1 fully saturated rings. The van der Waals surface area contributed by atoms with Crippen molar-refractivity contribution in [3.63, 3.8) is 0 Å². The van der Waals surface area contributed by atoms with Crippen molar-refractivity contribution < 1.29 is 9.84 Å². The molecule has 0 aliphatic carbocycles. The first-order valence-corrected chi connectivity index (χ1v) is 5.41. The van der Waals surface area contributed by atoms with Crippen LogP contribution < -0.4 is 0 Å². The molecule has 0 radical (unpaired) electrons. The van der Waals surface area contributed by atoms with E-state index in [0.717, 1.165) is 31.7 Å². The highest BCUT2D eigenvalue weighted by atomic mass is 16.5. The van der Waals surface area contributed by atoms with Crippen molar-refractivity contribution in [1.29, 1.82) is 0 Å². The zero-order valence-corrected chi connectivity index (χ0v) is 9.02. The fourth-order valence-corrected chi connectivity index (χ4v) is 1.92. The number of aliphatic hydroxyl groups is 1. The maximum Gasteiger partial charge on any atom is 0.158 e. The molecular weight excluding hydrogens is 194 g/mol. The van der Waals surface area contributed by atoms with Gasteiger partial charge in [-0.3, -0.25) is 0 Å². The van der Waals surface area contributed by atoms with Gasteiger partial charge in [-0.25, -0.2) is 0 Å². The minimum Gasteiger partial charge on any atom is -0.388 e. The van der Waals surface area contributed by atoms with Crippen molar-refractivity contribution in [2.45, 2.75) is 38.4 Å². The van der Waals surface area contributed by atoms with E-state index < -0.39 is 0 Å². The van der Waals surface area contributed by atoms with E-state index in [2.05, 4.69) is 10.2 Å². The molecule has 1 aromatic heterocycles. The molecule has 0 amide bonds. The monoisotopic (exact) mass is 211 g/mol. The molecule has 0 saturated carbocycles. The smallest absolute Gasteiger partial charge is 0.158 e. The number of nitrogens with zero attached hydrogens (tertiary/aromatic N) is 3. The number of ether oxygens (including phenoxy) is 1. The molecule has 2 rings (SSSR count). The average Bonchev–Trinajstić information content (AvgIpc) is 2.85. The molecule has 1 N–H and O–H groups in total. The molecule has 84 valence electrons. The molecule has 0 bridgehead atoms. The number of hydrogen-bond donors (Lipinski definition) is 1. The highest BCUT2D eigenvalue weighted by molar-refractivity contribution is 4.94. The average molecular weight is 211 g/mol. The van der Waals surface area contributed by atoms with Crippen molar-refractivity contribution in [1.82, 2.24) is 14.8 Å². The van der Waals surface area contributed by atoms with Crippen molar-refractivity contribution >= 4 is 0 Å². The zero-order valence-electron chi connectivity index (χ0n) is 9.02. The molecule has 2 heterocycles. The summed E-state index contributed by atoms with van der Waals surface area (Å²) in [6.07, 6.45) is 4.58. The number of rotatable bonds is 4. The lowest BCUT2D eigenvalue weighted by molar-refractivity contribution is 0.104. The number of aromatic nitrogens is 3. The van der Waals surface area contributed by atoms with Crippen LogP contribution in [0.4, 0.5) is 0 Å². The first kappa shape index (κ1) is 10.6. The molecule has 1 unspecified atom stereocenters. The summed E-state index contributed by atoms with van der Waals surface area (Å²) in [4.78, 5) is 0. The Kier molecular flexibility index (Phi) is 3.33. The number of aliphatic hydroxyl groups excluding tert-OH is 1. The van der Waals surface area contributed by atoms with Gasteiger partial charge in [0.25, 0.3) is 0 Å². The molecule has 5 nitrogen and oxygen atoms in total. The van der Waals surface area contributed by atoms with Gasteiger partial charge < -0.3 is 14.4 Å². The van der Waals surface area contributed by atoms with Crippen molar-refractivity contribution in [2.75, 3.05) is 6.61 Å². The van der Waals surface area contributed by atoms with Crippen LogP contribution in [0.5, 0.6) is 0 Å². The molecule has 1 aliphatic heterocycles. The fourth-order valence-electron chi connectivity index (χ4n) is 1.92. The van der Waals surface area contributed by atoms with Crippen LogP contribution in [0, 0.1) is 0 Å². The topological polar surface area (TPSA) is 60.2 Å². The van der Waals surface area contributed by atoms with E-state index in [1.165, 1.54) is 6.42 Å². The van der Waals surface area contributed by atoms with Gasteiger partial charge in [0.15, 0.2) is 5.82 Å². The van der Waals surface area contributed by atoms with Crippen LogP contribution >= 0.6 is 0 Å². The minimum atomic E-state index is -0.0522. The molecule has 1 atom stereocenters. The molecule has 0 aromatic carbocycles. The maximum atomic E-state index is 8.96. The Labute approximate surface area is 89.1 Å². The Morgan fingerprint density at radius 3 is 2.87 bits per heavy atom. The Hall–Kier alpha value is -0.940. The van der Waals surface area contributed by atoms with Crippen LogP contribution in [0.1, 0.15) is 30.9 Å². The van der Waals surface area contributed by atoms with Gasteiger partial charge in [-0.2, -0.15) is 0 Å². The van der Waals surface area contributed by atoms with Gasteiger partial charge in [-0.1, -0.05) is 0 Å². The lowest BCUT2D eigenvalue weighted by Gasteiger charge is -2.08. The second-order valence-corrected chi connectivity index (χ2v) is 3.92. The van der Waals surface area contributed by atoms with Crippen LogP contribution in [-0.2, 0) is 24.8 Å². The summed E-state index contributed by atoms with van der Waals surface area (Å²) in [5.74, 6) is 1.55. The highest BCUT2D eigenvalue weighted by Crippen LogP contribution is 2.17. The standard InChI is InChI=1S/C10H17N3O2/c1-13-9(11-12-10(13)7-14)5-4-8-3-2-6-15-8/h8,14H,2-7H2,1H3. The van der Waals surface area contributed by atoms with Crippen LogP contribution in [0.3, 0.4) is 0 Å². The quantitative estimate of drug-likeness (QED) is 0.784. The van der Waals surface area contributed by atoms with E-state index in [1.54, 1.807) is 0 Å². The highest BCUT2D eigenvalue weighted by Gasteiger charge is 2.16. The Morgan fingerprint density at radius 2 is 2.27 bits per heavy atom. The second kappa shape index (κ2) is 4.72. The van der Waals surface area contributed by atoms with E-state index in [1.807, 2.05) is 11.6 Å². The third kappa shape index (κ3) is 2.35. The van der Waals surface area contributed by atoms with E-state index >= 15 is 0 Å². The van der Waals surface area contributed by atoms with Crippen LogP contribution in [0.2, 0.25) is 0 Å². The first-order chi connectivity index (χ1) is 7.31. The van der Waals surface area contributed by atoms with Gasteiger partial charge in [0, 0.05) is 20.1 Å². The molecule has 15 heavy (non-hydrogen) atoms. The molecule has 5 heteroatoms. The summed E-state index contributed by atoms with van der Waals surface area (Å²) < 4.78 is 7.40. The molecule has 1 aromatic rings. The lowest BCUT2D eigenvalue weighted by Crippen LogP contribution is -2.09. The van der Waals surface area contributed by atoms with E-state index in [4.69, 9.17) is 9.84 Å². The number of aryl methyl sites for hydroxylation is 1. The van der Waals surface area contributed by atoms with E-state index in [9.17, 15) is 0 Å². The van der Waals surface area contributed by atoms with Gasteiger partial charge in [-0.15, -0.1) is 10.2 Å². The normalized spacial score (nSPS) is 21.1. The summed E-state index contributed by atoms with van der Waals surface area (Å²) in [7, 11) is 1.89. The van der Waals surface area contributed by atoms with Crippen molar-refractivity contribution in [3.05, 3.63) is 11.6 Å². The Morgan fingerprint density at radius 1 is 1.47 bits per heavy atom. The first-order valence-electron chi connectivity index (χ1n) is 5.41. The predicted molar refractivity (Wildman–Crippen MR) is 54.2 cm³/mol. The van der Waals surface area contributed by atoms with Gasteiger partial charge in [0.1, 0.15) is 12.4 Å². The molecule has 1 saturated heterocycles. The molecular formula is C10H17N3O2. The van der Waals surface area contributed by atoms with Gasteiger partial charge >= 0.3 is 0 Å². The molecule has 1 aliphatic rings. The summed E-state index contributed by atoms with van der Waals surface area (Å²) in [5.41, 5.74) is 0. The third-order valence-electron chi connectivity index (χ3n) is 2.91. The zero-order chi connectivity index (χ0) is 10.7. The van der Waals surface area contributed by atoms with Crippen LogP contribution in [0.15, 0.2) is 0 Å². The Balaban J connectivity index is 1.89. The summed E-state index contributed by atoms with van der Waals surface area (Å²) in [6.45, 7) is 0.842. The number of hydrogen-bond acceptors (Lipinski definition) is 4. The summed E-state index contributed by atoms with van der Waals surface area (Å²) in [6, 6.07) is 0. The summed E-state index contributed by atoms with van der Waals surface area (Å²) >= 11 is 0. The SMILES string of the molecule is Cn1c(CO)nnc1CCC1CCCO1. The van der Waals surface area contributed by atoms with Gasteiger partial charge in [-0.05, 0) is 19.3 Å². The van der Waals surface area contributed by atoms with Gasteiger partial charge in [0.05, 0.1) is 6.10 Å². The van der Waals surface area contributed by atoms with Gasteiger partial charge in [0.2, 0.25) is 0 Å². The predicted octanol–water partition coefficient (Wildman–Crippen LogP) is 0.419. The largest absolute Gasteiger partial charge is 0.388 e. The Bertz CT molecular complexity index is 318. The van der Waals surface area contributed by atoms with E-state index in [-0.39, 0.29) is 6.61 Å². The lowest BCUT2D eigenvalue weighted by atomic mass is 10.1.